The van der Waals surface area contributed by atoms with Crippen molar-refractivity contribution in [2.45, 2.75) is 4.90 Å². The van der Waals surface area contributed by atoms with Gasteiger partial charge in [-0.25, -0.2) is 4.39 Å². The van der Waals surface area contributed by atoms with Crippen molar-refractivity contribution in [2.24, 2.45) is 0 Å². The average molecular weight is 243 g/mol. The van der Waals surface area contributed by atoms with Crippen molar-refractivity contribution in [1.29, 1.82) is 0 Å². The maximum atomic E-state index is 12.8. The molecule has 7 heteroatoms. The molecule has 0 unspecified atom stereocenters. The minimum atomic E-state index is -5.10. The van der Waals surface area contributed by atoms with Crippen LogP contribution >= 0.6 is 11.6 Å². The molecule has 0 aliphatic carbocycles. The van der Waals surface area contributed by atoms with Crippen LogP contribution in [-0.4, -0.2) is 15.5 Å². The molecule has 0 aromatic heterocycles. The lowest BCUT2D eigenvalue weighted by Crippen LogP contribution is -1.99. The van der Waals surface area contributed by atoms with Gasteiger partial charge in [-0.15, -0.1) is 3.89 Å². The van der Waals surface area contributed by atoms with Gasteiger partial charge in [0.1, 0.15) is 16.6 Å². The fourth-order valence-corrected chi connectivity index (χ4v) is 2.04. The molecule has 78 valence electrons. The van der Waals surface area contributed by atoms with E-state index in [1.807, 2.05) is 0 Å². The Morgan fingerprint density at radius 2 is 2.00 bits per heavy atom. The van der Waals surface area contributed by atoms with E-state index in [9.17, 15) is 16.7 Å². The first-order valence-electron chi connectivity index (χ1n) is 3.34. The van der Waals surface area contributed by atoms with Crippen LogP contribution in [-0.2, 0) is 10.2 Å². The van der Waals surface area contributed by atoms with Crippen LogP contribution in [0.15, 0.2) is 17.0 Å². The predicted octanol–water partition coefficient (Wildman–Crippen LogP) is 2.15. The Balaban J connectivity index is 3.60. The number of benzene rings is 1. The van der Waals surface area contributed by atoms with Gasteiger partial charge >= 0.3 is 10.2 Å². The molecule has 0 fully saturated rings. The Kier molecular flexibility index (Phi) is 2.96. The van der Waals surface area contributed by atoms with Crippen molar-refractivity contribution < 1.29 is 21.4 Å². The molecule has 0 radical (unpaired) electrons. The van der Waals surface area contributed by atoms with Gasteiger partial charge in [0.2, 0.25) is 0 Å². The molecule has 0 amide bonds. The van der Waals surface area contributed by atoms with Crippen molar-refractivity contribution in [1.82, 2.24) is 0 Å². The molecule has 0 atom stereocenters. The zero-order valence-electron chi connectivity index (χ0n) is 6.92. The first-order valence-corrected chi connectivity index (χ1v) is 5.10. The van der Waals surface area contributed by atoms with Crippen molar-refractivity contribution in [2.75, 3.05) is 7.11 Å². The topological polar surface area (TPSA) is 43.4 Å². The summed E-state index contributed by atoms with van der Waals surface area (Å²) in [5.41, 5.74) is 0. The average Bonchev–Trinajstić information content (AvgIpc) is 2.07. The molecule has 0 bridgehead atoms. The van der Waals surface area contributed by atoms with Crippen molar-refractivity contribution in [3.63, 3.8) is 0 Å². The zero-order valence-corrected chi connectivity index (χ0v) is 8.49. The second-order valence-corrected chi connectivity index (χ2v) is 3.99. The van der Waals surface area contributed by atoms with E-state index in [1.54, 1.807) is 0 Å². The Hall–Kier alpha value is -0.880. The Labute approximate surface area is 84.5 Å². The van der Waals surface area contributed by atoms with Crippen molar-refractivity contribution in [3.8, 4) is 5.75 Å². The van der Waals surface area contributed by atoms with Crippen LogP contribution in [0.2, 0.25) is 5.02 Å². The fraction of sp³-hybridized carbons (Fsp3) is 0.143. The molecule has 3 nitrogen and oxygen atoms in total. The van der Waals surface area contributed by atoms with Crippen molar-refractivity contribution in [3.05, 3.63) is 23.0 Å². The highest BCUT2D eigenvalue weighted by molar-refractivity contribution is 7.86. The summed E-state index contributed by atoms with van der Waals surface area (Å²) >= 11 is 5.29. The van der Waals surface area contributed by atoms with Gasteiger partial charge in [-0.1, -0.05) is 11.6 Å². The minimum Gasteiger partial charge on any atom is -0.495 e. The van der Waals surface area contributed by atoms with Gasteiger partial charge < -0.3 is 4.74 Å². The summed E-state index contributed by atoms with van der Waals surface area (Å²) < 4.78 is 51.2. The molecular formula is C7H5ClF2O3S. The summed E-state index contributed by atoms with van der Waals surface area (Å²) in [6.45, 7) is 0. The summed E-state index contributed by atoms with van der Waals surface area (Å²) in [7, 11) is -3.97. The predicted molar refractivity (Wildman–Crippen MR) is 46.3 cm³/mol. The van der Waals surface area contributed by atoms with Crippen LogP contribution < -0.4 is 4.74 Å². The molecule has 1 rings (SSSR count). The molecule has 1 aromatic carbocycles. The van der Waals surface area contributed by atoms with Gasteiger partial charge in [0.25, 0.3) is 0 Å². The summed E-state index contributed by atoms with van der Waals surface area (Å²) in [6, 6.07) is 1.86. The molecular weight excluding hydrogens is 238 g/mol. The van der Waals surface area contributed by atoms with E-state index in [2.05, 4.69) is 4.74 Å². The largest absolute Gasteiger partial charge is 0.495 e. The highest BCUT2D eigenvalue weighted by atomic mass is 35.5. The monoisotopic (exact) mass is 242 g/mol. The maximum absolute atomic E-state index is 12.8. The molecule has 0 heterocycles. The molecule has 0 saturated heterocycles. The molecule has 1 aromatic rings. The van der Waals surface area contributed by atoms with Gasteiger partial charge in [0.15, 0.2) is 4.90 Å². The number of ether oxygens (including phenoxy) is 1. The third-order valence-electron chi connectivity index (χ3n) is 1.48. The SMILES string of the molecule is COc1ccc(F)c(Cl)c1S(=O)(=O)F. The molecule has 0 aliphatic heterocycles. The smallest absolute Gasteiger partial charge is 0.337 e. The van der Waals surface area contributed by atoms with Crippen LogP contribution in [0.1, 0.15) is 0 Å². The lowest BCUT2D eigenvalue weighted by atomic mass is 10.3. The van der Waals surface area contributed by atoms with E-state index < -0.39 is 26.0 Å². The molecule has 0 spiro atoms. The van der Waals surface area contributed by atoms with Crippen molar-refractivity contribution >= 4 is 21.8 Å². The van der Waals surface area contributed by atoms with Gasteiger partial charge in [-0.2, -0.15) is 8.42 Å². The number of halogens is 3. The van der Waals surface area contributed by atoms with Gasteiger partial charge in [0, 0.05) is 0 Å². The van der Waals surface area contributed by atoms with E-state index in [0.29, 0.717) is 0 Å². The van der Waals surface area contributed by atoms with E-state index in [-0.39, 0.29) is 5.75 Å². The summed E-state index contributed by atoms with van der Waals surface area (Å²) in [4.78, 5) is -0.985. The van der Waals surface area contributed by atoms with Gasteiger partial charge in [0.05, 0.1) is 7.11 Å². The van der Waals surface area contributed by atoms with E-state index in [4.69, 9.17) is 11.6 Å². The Morgan fingerprint density at radius 3 is 2.43 bits per heavy atom. The highest BCUT2D eigenvalue weighted by Gasteiger charge is 2.24. The van der Waals surface area contributed by atoms with Crippen LogP contribution in [0.3, 0.4) is 0 Å². The number of methoxy groups -OCH3 is 1. The molecule has 0 N–H and O–H groups in total. The third-order valence-corrected chi connectivity index (χ3v) is 2.85. The quantitative estimate of drug-likeness (QED) is 0.747. The molecule has 0 saturated carbocycles. The summed E-state index contributed by atoms with van der Waals surface area (Å²) in [6.07, 6.45) is 0. The summed E-state index contributed by atoms with van der Waals surface area (Å²) in [5, 5.41) is -0.813. The maximum Gasteiger partial charge on any atom is 0.337 e. The Bertz CT molecular complexity index is 458. The van der Waals surface area contributed by atoms with Gasteiger partial charge in [-0.3, -0.25) is 0 Å². The summed E-state index contributed by atoms with van der Waals surface area (Å²) in [5.74, 6) is -1.36. The molecule has 0 aliphatic rings. The van der Waals surface area contributed by atoms with Crippen LogP contribution in [0.5, 0.6) is 5.75 Å². The van der Waals surface area contributed by atoms with E-state index in [0.717, 1.165) is 19.2 Å². The number of rotatable bonds is 2. The minimum absolute atomic E-state index is 0.334. The first kappa shape index (κ1) is 11.2. The number of hydrogen-bond acceptors (Lipinski definition) is 3. The van der Waals surface area contributed by atoms with Crippen LogP contribution in [0.4, 0.5) is 8.28 Å². The van der Waals surface area contributed by atoms with Crippen LogP contribution in [0.25, 0.3) is 0 Å². The van der Waals surface area contributed by atoms with Crippen LogP contribution in [0, 0.1) is 5.82 Å². The first-order chi connectivity index (χ1) is 6.38. The lowest BCUT2D eigenvalue weighted by Gasteiger charge is -2.06. The second kappa shape index (κ2) is 3.70. The molecule has 14 heavy (non-hydrogen) atoms. The fourth-order valence-electron chi connectivity index (χ4n) is 0.902. The lowest BCUT2D eigenvalue weighted by molar-refractivity contribution is 0.399. The normalized spacial score (nSPS) is 11.4. The second-order valence-electron chi connectivity index (χ2n) is 2.33. The highest BCUT2D eigenvalue weighted by Crippen LogP contribution is 2.34. The van der Waals surface area contributed by atoms with Gasteiger partial charge in [-0.05, 0) is 12.1 Å². The number of hydrogen-bond donors (Lipinski definition) is 0. The standard InChI is InChI=1S/C7H5ClF2O3S/c1-13-5-3-2-4(9)6(8)7(5)14(10,11)12/h2-3H,1H3. The Morgan fingerprint density at radius 1 is 1.43 bits per heavy atom. The van der Waals surface area contributed by atoms with E-state index in [1.165, 1.54) is 0 Å². The third kappa shape index (κ3) is 1.96. The van der Waals surface area contributed by atoms with E-state index >= 15 is 0 Å². The zero-order chi connectivity index (χ0) is 10.9.